The first-order valence-electron chi connectivity index (χ1n) is 21.0. The SMILES string of the molecule is c1ccc(-c2nc(-c3ccc(-c4ccc5c(c4)-c4ccccc4C5(c4ccccc4)c4ccccc4)c4ccccc34)cc(-c3cc4ccccc4c4ccccc34)n2)cc1. The zero-order chi connectivity index (χ0) is 40.3. The molecule has 0 unspecified atom stereocenters. The van der Waals surface area contributed by atoms with Gasteiger partial charge in [0.25, 0.3) is 0 Å². The minimum atomic E-state index is -0.434. The Hall–Kier alpha value is -7.94. The molecular formula is C59H38N2. The van der Waals surface area contributed by atoms with Gasteiger partial charge in [-0.15, -0.1) is 0 Å². The van der Waals surface area contributed by atoms with Crippen molar-refractivity contribution < 1.29 is 0 Å². The first kappa shape index (κ1) is 35.0. The molecule has 0 saturated carbocycles. The van der Waals surface area contributed by atoms with Gasteiger partial charge < -0.3 is 0 Å². The molecular weight excluding hydrogens is 737 g/mol. The highest BCUT2D eigenvalue weighted by Gasteiger charge is 2.46. The molecule has 12 rings (SSSR count). The Labute approximate surface area is 355 Å². The van der Waals surface area contributed by atoms with E-state index in [0.717, 1.165) is 33.5 Å². The average Bonchev–Trinajstić information content (AvgIpc) is 3.64. The molecule has 0 amide bonds. The molecule has 1 aliphatic carbocycles. The summed E-state index contributed by atoms with van der Waals surface area (Å²) < 4.78 is 0. The smallest absolute Gasteiger partial charge is 0.160 e. The molecule has 0 N–H and O–H groups in total. The van der Waals surface area contributed by atoms with Crippen LogP contribution in [0, 0.1) is 0 Å². The van der Waals surface area contributed by atoms with Crippen molar-refractivity contribution in [2.24, 2.45) is 0 Å². The first-order valence-corrected chi connectivity index (χ1v) is 21.0. The fraction of sp³-hybridized carbons (Fsp3) is 0.0169. The molecule has 284 valence electrons. The van der Waals surface area contributed by atoms with Gasteiger partial charge in [-0.3, -0.25) is 0 Å². The second-order valence-electron chi connectivity index (χ2n) is 16.0. The van der Waals surface area contributed by atoms with Crippen molar-refractivity contribution in [3.05, 3.63) is 253 Å². The number of nitrogens with zero attached hydrogens (tertiary/aromatic N) is 2. The third kappa shape index (κ3) is 5.50. The van der Waals surface area contributed by atoms with Gasteiger partial charge in [-0.25, -0.2) is 9.97 Å². The molecule has 0 fully saturated rings. The van der Waals surface area contributed by atoms with E-state index in [1.165, 1.54) is 71.4 Å². The Bertz CT molecular complexity index is 3420. The summed E-state index contributed by atoms with van der Waals surface area (Å²) in [6, 6.07) is 83.5. The number of aromatic nitrogens is 2. The molecule has 0 aliphatic heterocycles. The lowest BCUT2D eigenvalue weighted by Gasteiger charge is -2.33. The molecule has 11 aromatic rings. The summed E-state index contributed by atoms with van der Waals surface area (Å²) in [7, 11) is 0. The summed E-state index contributed by atoms with van der Waals surface area (Å²) in [5, 5.41) is 7.15. The van der Waals surface area contributed by atoms with Gasteiger partial charge in [-0.2, -0.15) is 0 Å². The van der Waals surface area contributed by atoms with Crippen molar-refractivity contribution in [2.45, 2.75) is 5.41 Å². The molecule has 0 spiro atoms. The second-order valence-corrected chi connectivity index (χ2v) is 16.0. The normalized spacial score (nSPS) is 12.7. The molecule has 0 atom stereocenters. The maximum Gasteiger partial charge on any atom is 0.160 e. The van der Waals surface area contributed by atoms with Gasteiger partial charge in [0.05, 0.1) is 16.8 Å². The van der Waals surface area contributed by atoms with Crippen molar-refractivity contribution in [1.82, 2.24) is 9.97 Å². The van der Waals surface area contributed by atoms with Crippen LogP contribution in [0.1, 0.15) is 22.3 Å². The number of fused-ring (bicyclic) bond motifs is 7. The van der Waals surface area contributed by atoms with E-state index in [-0.39, 0.29) is 0 Å². The Balaban J connectivity index is 1.06. The van der Waals surface area contributed by atoms with Crippen molar-refractivity contribution in [3.63, 3.8) is 0 Å². The lowest BCUT2D eigenvalue weighted by atomic mass is 9.67. The van der Waals surface area contributed by atoms with Crippen LogP contribution in [0.15, 0.2) is 231 Å². The fourth-order valence-corrected chi connectivity index (χ4v) is 10.1. The van der Waals surface area contributed by atoms with Crippen molar-refractivity contribution in [3.8, 4) is 56.2 Å². The monoisotopic (exact) mass is 774 g/mol. The van der Waals surface area contributed by atoms with Gasteiger partial charge in [0, 0.05) is 16.7 Å². The van der Waals surface area contributed by atoms with E-state index >= 15 is 0 Å². The van der Waals surface area contributed by atoms with Crippen LogP contribution in [0.2, 0.25) is 0 Å². The lowest BCUT2D eigenvalue weighted by Crippen LogP contribution is -2.28. The van der Waals surface area contributed by atoms with Crippen LogP contribution in [0.5, 0.6) is 0 Å². The molecule has 0 saturated heterocycles. The predicted octanol–water partition coefficient (Wildman–Crippen LogP) is 15.0. The van der Waals surface area contributed by atoms with Gasteiger partial charge in [0.15, 0.2) is 5.82 Å². The van der Waals surface area contributed by atoms with Gasteiger partial charge in [-0.05, 0) is 95.0 Å². The van der Waals surface area contributed by atoms with E-state index in [9.17, 15) is 0 Å². The van der Waals surface area contributed by atoms with Crippen molar-refractivity contribution >= 4 is 32.3 Å². The minimum absolute atomic E-state index is 0.434. The van der Waals surface area contributed by atoms with Crippen LogP contribution in [0.4, 0.5) is 0 Å². The van der Waals surface area contributed by atoms with Crippen LogP contribution < -0.4 is 0 Å². The Morgan fingerprint density at radius 2 is 0.787 bits per heavy atom. The quantitative estimate of drug-likeness (QED) is 0.157. The maximum atomic E-state index is 5.33. The van der Waals surface area contributed by atoms with Crippen LogP contribution in [0.25, 0.3) is 88.5 Å². The van der Waals surface area contributed by atoms with E-state index in [1.54, 1.807) is 0 Å². The largest absolute Gasteiger partial charge is 0.228 e. The molecule has 1 aromatic heterocycles. The number of hydrogen-bond donors (Lipinski definition) is 0. The molecule has 1 aliphatic rings. The molecule has 0 radical (unpaired) electrons. The maximum absolute atomic E-state index is 5.33. The third-order valence-corrected chi connectivity index (χ3v) is 12.8. The summed E-state index contributed by atoms with van der Waals surface area (Å²) in [5.41, 5.74) is 14.6. The van der Waals surface area contributed by atoms with Crippen molar-refractivity contribution in [2.75, 3.05) is 0 Å². The average molecular weight is 775 g/mol. The van der Waals surface area contributed by atoms with E-state index in [0.29, 0.717) is 5.82 Å². The Morgan fingerprint density at radius 1 is 0.279 bits per heavy atom. The fourth-order valence-electron chi connectivity index (χ4n) is 10.1. The van der Waals surface area contributed by atoms with Crippen LogP contribution in [-0.4, -0.2) is 9.97 Å². The van der Waals surface area contributed by atoms with E-state index in [2.05, 4.69) is 224 Å². The molecule has 61 heavy (non-hydrogen) atoms. The highest BCUT2D eigenvalue weighted by Crippen LogP contribution is 2.57. The van der Waals surface area contributed by atoms with Gasteiger partial charge in [0.1, 0.15) is 0 Å². The Kier molecular flexibility index (Phi) is 8.11. The summed E-state index contributed by atoms with van der Waals surface area (Å²) in [6.45, 7) is 0. The van der Waals surface area contributed by atoms with Crippen LogP contribution >= 0.6 is 0 Å². The van der Waals surface area contributed by atoms with E-state index in [1.807, 2.05) is 6.07 Å². The van der Waals surface area contributed by atoms with Gasteiger partial charge >= 0.3 is 0 Å². The molecule has 0 bridgehead atoms. The van der Waals surface area contributed by atoms with Crippen molar-refractivity contribution in [1.29, 1.82) is 0 Å². The highest BCUT2D eigenvalue weighted by molar-refractivity contribution is 6.14. The standard InChI is InChI=1S/C59H38N2/c1-4-18-39(19-5-1)58-60-56(38-57(61-58)53-37-40-20-10-11-25-44(40)46-26-13-15-29-49(46)53)51-34-33-45(47-27-12-14-28-48(47)51)41-32-35-55-52(36-41)50-30-16-17-31-54(50)59(55,42-21-6-2-7-22-42)43-23-8-3-9-24-43/h1-38H. The lowest BCUT2D eigenvalue weighted by molar-refractivity contribution is 0.768. The zero-order valence-electron chi connectivity index (χ0n) is 33.3. The number of rotatable bonds is 6. The predicted molar refractivity (Wildman–Crippen MR) is 254 cm³/mol. The summed E-state index contributed by atoms with van der Waals surface area (Å²) in [4.78, 5) is 10.6. The van der Waals surface area contributed by atoms with Gasteiger partial charge in [-0.1, -0.05) is 212 Å². The molecule has 2 heteroatoms. The zero-order valence-corrected chi connectivity index (χ0v) is 33.3. The topological polar surface area (TPSA) is 25.8 Å². The number of hydrogen-bond acceptors (Lipinski definition) is 2. The second kappa shape index (κ2) is 14.1. The van der Waals surface area contributed by atoms with Crippen LogP contribution in [-0.2, 0) is 5.41 Å². The highest BCUT2D eigenvalue weighted by atomic mass is 14.9. The Morgan fingerprint density at radius 3 is 1.49 bits per heavy atom. The number of benzene rings is 10. The van der Waals surface area contributed by atoms with E-state index < -0.39 is 5.41 Å². The first-order chi connectivity index (χ1) is 30.3. The molecule has 1 heterocycles. The molecule has 2 nitrogen and oxygen atoms in total. The summed E-state index contributed by atoms with van der Waals surface area (Å²) >= 11 is 0. The van der Waals surface area contributed by atoms with E-state index in [4.69, 9.17) is 9.97 Å². The minimum Gasteiger partial charge on any atom is -0.228 e. The van der Waals surface area contributed by atoms with Gasteiger partial charge in [0.2, 0.25) is 0 Å². The summed E-state index contributed by atoms with van der Waals surface area (Å²) in [6.07, 6.45) is 0. The third-order valence-electron chi connectivity index (χ3n) is 12.8. The molecule has 10 aromatic carbocycles. The van der Waals surface area contributed by atoms with Crippen LogP contribution in [0.3, 0.4) is 0 Å². The summed E-state index contributed by atoms with van der Waals surface area (Å²) in [5.74, 6) is 0.705.